The number of hydrogen-bond donors (Lipinski definition) is 2. The van der Waals surface area contributed by atoms with Gasteiger partial charge in [-0.15, -0.1) is 0 Å². The number of carbonyl (C=O) groups excluding carboxylic acids is 2. The molecule has 0 aliphatic heterocycles. The Labute approximate surface area is 124 Å². The lowest BCUT2D eigenvalue weighted by Gasteiger charge is -2.16. The van der Waals surface area contributed by atoms with E-state index in [1.54, 1.807) is 36.2 Å². The summed E-state index contributed by atoms with van der Waals surface area (Å²) < 4.78 is 0. The van der Waals surface area contributed by atoms with Gasteiger partial charge in [0.2, 0.25) is 11.8 Å². The molecular formula is C14H20ClN3O2. The van der Waals surface area contributed by atoms with Crippen LogP contribution in [0.4, 0.5) is 5.69 Å². The minimum atomic E-state index is -0.205. The Morgan fingerprint density at radius 2 is 1.85 bits per heavy atom. The van der Waals surface area contributed by atoms with E-state index in [1.807, 2.05) is 6.92 Å². The highest BCUT2D eigenvalue weighted by Crippen LogP contribution is 2.20. The lowest BCUT2D eigenvalue weighted by Crippen LogP contribution is -2.39. The van der Waals surface area contributed by atoms with Gasteiger partial charge in [-0.3, -0.25) is 14.5 Å². The quantitative estimate of drug-likeness (QED) is 0.806. The van der Waals surface area contributed by atoms with Crippen LogP contribution in [0.1, 0.15) is 13.3 Å². The van der Waals surface area contributed by atoms with E-state index in [0.717, 1.165) is 6.42 Å². The minimum Gasteiger partial charge on any atom is -0.355 e. The van der Waals surface area contributed by atoms with Gasteiger partial charge >= 0.3 is 0 Å². The van der Waals surface area contributed by atoms with Crippen LogP contribution in [0.2, 0.25) is 5.02 Å². The molecule has 0 saturated carbocycles. The molecule has 2 N–H and O–H groups in total. The van der Waals surface area contributed by atoms with Gasteiger partial charge in [0.25, 0.3) is 0 Å². The molecule has 20 heavy (non-hydrogen) atoms. The number of benzene rings is 1. The molecule has 110 valence electrons. The van der Waals surface area contributed by atoms with Crippen LogP contribution in [0.5, 0.6) is 0 Å². The Kier molecular flexibility index (Phi) is 7.04. The second kappa shape index (κ2) is 8.55. The van der Waals surface area contributed by atoms with Crippen molar-refractivity contribution >= 4 is 29.1 Å². The Morgan fingerprint density at radius 3 is 2.50 bits per heavy atom. The van der Waals surface area contributed by atoms with Crippen LogP contribution in [0, 0.1) is 0 Å². The molecule has 1 aromatic carbocycles. The summed E-state index contributed by atoms with van der Waals surface area (Å²) in [5.41, 5.74) is 0.572. The summed E-state index contributed by atoms with van der Waals surface area (Å²) in [5, 5.41) is 5.97. The smallest absolute Gasteiger partial charge is 0.238 e. The number of amides is 2. The Hall–Kier alpha value is -1.59. The second-order valence-corrected chi connectivity index (χ2v) is 4.96. The largest absolute Gasteiger partial charge is 0.355 e. The summed E-state index contributed by atoms with van der Waals surface area (Å²) in [6.07, 6.45) is 0.891. The molecule has 0 saturated heterocycles. The molecule has 0 heterocycles. The molecule has 0 unspecified atom stereocenters. The fourth-order valence-electron chi connectivity index (χ4n) is 1.62. The number of carbonyl (C=O) groups is 2. The second-order valence-electron chi connectivity index (χ2n) is 4.55. The first-order valence-corrected chi connectivity index (χ1v) is 6.90. The van der Waals surface area contributed by atoms with Gasteiger partial charge in [-0.1, -0.05) is 30.7 Å². The standard InChI is InChI=1S/C14H20ClN3O2/c1-3-8-16-13(19)9-18(2)10-14(20)17-12-7-5-4-6-11(12)15/h4-7H,3,8-10H2,1-2H3,(H,16,19)(H,17,20). The molecule has 1 rings (SSSR count). The maximum absolute atomic E-state index is 11.8. The number of rotatable bonds is 7. The third kappa shape index (κ3) is 6.04. The van der Waals surface area contributed by atoms with Gasteiger partial charge in [0.05, 0.1) is 23.8 Å². The van der Waals surface area contributed by atoms with Crippen molar-refractivity contribution in [1.29, 1.82) is 0 Å². The Balaban J connectivity index is 2.38. The van der Waals surface area contributed by atoms with Crippen molar-refractivity contribution in [1.82, 2.24) is 10.2 Å². The summed E-state index contributed by atoms with van der Waals surface area (Å²) >= 11 is 5.95. The molecule has 0 aromatic heterocycles. The first kappa shape index (κ1) is 16.5. The molecule has 0 radical (unpaired) electrons. The third-order valence-corrected chi connectivity index (χ3v) is 2.88. The zero-order chi connectivity index (χ0) is 15.0. The van der Waals surface area contributed by atoms with E-state index in [0.29, 0.717) is 17.3 Å². The van der Waals surface area contributed by atoms with Crippen molar-refractivity contribution in [3.05, 3.63) is 29.3 Å². The number of halogens is 1. The maximum atomic E-state index is 11.8. The molecule has 0 aliphatic rings. The fraction of sp³-hybridized carbons (Fsp3) is 0.429. The topological polar surface area (TPSA) is 61.4 Å². The zero-order valence-corrected chi connectivity index (χ0v) is 12.5. The molecule has 5 nitrogen and oxygen atoms in total. The summed E-state index contributed by atoms with van der Waals surface area (Å²) in [4.78, 5) is 25.0. The first-order chi connectivity index (χ1) is 9.52. The van der Waals surface area contributed by atoms with Crippen LogP contribution in [-0.4, -0.2) is 43.4 Å². The number of hydrogen-bond acceptors (Lipinski definition) is 3. The average molecular weight is 298 g/mol. The number of anilines is 1. The lowest BCUT2D eigenvalue weighted by atomic mass is 10.3. The van der Waals surface area contributed by atoms with Gasteiger partial charge < -0.3 is 10.6 Å². The molecule has 2 amide bonds. The van der Waals surface area contributed by atoms with Crippen LogP contribution < -0.4 is 10.6 Å². The van der Waals surface area contributed by atoms with E-state index >= 15 is 0 Å². The molecule has 1 aromatic rings. The van der Waals surface area contributed by atoms with E-state index in [2.05, 4.69) is 10.6 Å². The van der Waals surface area contributed by atoms with E-state index < -0.39 is 0 Å². The van der Waals surface area contributed by atoms with E-state index in [4.69, 9.17) is 11.6 Å². The molecule has 0 aliphatic carbocycles. The van der Waals surface area contributed by atoms with E-state index in [1.165, 1.54) is 0 Å². The van der Waals surface area contributed by atoms with Crippen molar-refractivity contribution in [3.63, 3.8) is 0 Å². The molecule has 6 heteroatoms. The predicted octanol–water partition coefficient (Wildman–Crippen LogP) is 1.74. The lowest BCUT2D eigenvalue weighted by molar-refractivity contribution is -0.122. The summed E-state index contributed by atoms with van der Waals surface area (Å²) in [6, 6.07) is 7.03. The number of para-hydroxylation sites is 1. The van der Waals surface area contributed by atoms with Gasteiger partial charge in [0.15, 0.2) is 0 Å². The Bertz CT molecular complexity index is 465. The zero-order valence-electron chi connectivity index (χ0n) is 11.8. The van der Waals surface area contributed by atoms with Gasteiger partial charge in [-0.25, -0.2) is 0 Å². The average Bonchev–Trinajstić information content (AvgIpc) is 2.38. The highest BCUT2D eigenvalue weighted by molar-refractivity contribution is 6.33. The van der Waals surface area contributed by atoms with Crippen molar-refractivity contribution in [2.75, 3.05) is 32.0 Å². The third-order valence-electron chi connectivity index (χ3n) is 2.55. The van der Waals surface area contributed by atoms with Crippen LogP contribution in [0.3, 0.4) is 0 Å². The van der Waals surface area contributed by atoms with Crippen LogP contribution in [-0.2, 0) is 9.59 Å². The molecule has 0 fully saturated rings. The van der Waals surface area contributed by atoms with E-state index in [9.17, 15) is 9.59 Å². The summed E-state index contributed by atoms with van der Waals surface area (Å²) in [5.74, 6) is -0.288. The Morgan fingerprint density at radius 1 is 1.20 bits per heavy atom. The van der Waals surface area contributed by atoms with Crippen molar-refractivity contribution < 1.29 is 9.59 Å². The number of nitrogens with one attached hydrogen (secondary N) is 2. The van der Waals surface area contributed by atoms with Gasteiger partial charge in [0, 0.05) is 6.54 Å². The maximum Gasteiger partial charge on any atom is 0.238 e. The van der Waals surface area contributed by atoms with E-state index in [-0.39, 0.29) is 24.9 Å². The first-order valence-electron chi connectivity index (χ1n) is 6.52. The van der Waals surface area contributed by atoms with Gasteiger partial charge in [-0.05, 0) is 25.6 Å². The van der Waals surface area contributed by atoms with Crippen LogP contribution >= 0.6 is 11.6 Å². The molecular weight excluding hydrogens is 278 g/mol. The number of likely N-dealkylation sites (N-methyl/N-ethyl adjacent to an activating group) is 1. The van der Waals surface area contributed by atoms with Gasteiger partial charge in [-0.2, -0.15) is 0 Å². The summed E-state index contributed by atoms with van der Waals surface area (Å²) in [7, 11) is 1.72. The molecule has 0 spiro atoms. The monoisotopic (exact) mass is 297 g/mol. The molecule has 0 bridgehead atoms. The minimum absolute atomic E-state index is 0.0834. The highest BCUT2D eigenvalue weighted by atomic mass is 35.5. The van der Waals surface area contributed by atoms with Crippen LogP contribution in [0.25, 0.3) is 0 Å². The SMILES string of the molecule is CCCNC(=O)CN(C)CC(=O)Nc1ccccc1Cl. The normalized spacial score (nSPS) is 10.4. The molecule has 0 atom stereocenters. The predicted molar refractivity (Wildman–Crippen MR) is 80.9 cm³/mol. The number of nitrogens with zero attached hydrogens (tertiary/aromatic N) is 1. The van der Waals surface area contributed by atoms with Crippen molar-refractivity contribution in [3.8, 4) is 0 Å². The van der Waals surface area contributed by atoms with Crippen molar-refractivity contribution in [2.45, 2.75) is 13.3 Å². The van der Waals surface area contributed by atoms with Crippen molar-refractivity contribution in [2.24, 2.45) is 0 Å². The highest BCUT2D eigenvalue weighted by Gasteiger charge is 2.11. The summed E-state index contributed by atoms with van der Waals surface area (Å²) in [6.45, 7) is 2.96. The van der Waals surface area contributed by atoms with Crippen LogP contribution in [0.15, 0.2) is 24.3 Å². The fourth-order valence-corrected chi connectivity index (χ4v) is 1.80. The van der Waals surface area contributed by atoms with Gasteiger partial charge in [0.1, 0.15) is 0 Å².